The highest BCUT2D eigenvalue weighted by Gasteiger charge is 2.47. The summed E-state index contributed by atoms with van der Waals surface area (Å²) in [6, 6.07) is 8.95. The Balaban J connectivity index is 1.78. The predicted octanol–water partition coefficient (Wildman–Crippen LogP) is 3.69. The Hall–Kier alpha value is -0.570. The minimum absolute atomic E-state index is 0.313. The highest BCUT2D eigenvalue weighted by atomic mass is 35.5. The van der Waals surface area contributed by atoms with Crippen molar-refractivity contribution in [1.29, 1.82) is 0 Å². The molecule has 20 heavy (non-hydrogen) atoms. The lowest BCUT2D eigenvalue weighted by Crippen LogP contribution is -2.63. The first kappa shape index (κ1) is 14.4. The van der Waals surface area contributed by atoms with Crippen LogP contribution in [0.4, 0.5) is 0 Å². The van der Waals surface area contributed by atoms with Crippen LogP contribution in [0.25, 0.3) is 0 Å². The van der Waals surface area contributed by atoms with Crippen molar-refractivity contribution in [2.75, 3.05) is 13.1 Å². The Bertz CT molecular complexity index is 472. The second kappa shape index (κ2) is 5.67. The molecule has 3 heteroatoms. The van der Waals surface area contributed by atoms with Gasteiger partial charge >= 0.3 is 0 Å². The zero-order valence-electron chi connectivity index (χ0n) is 12.5. The summed E-state index contributed by atoms with van der Waals surface area (Å²) >= 11 is 6.13. The van der Waals surface area contributed by atoms with Gasteiger partial charge in [-0.2, -0.15) is 0 Å². The first-order chi connectivity index (χ1) is 9.61. The van der Waals surface area contributed by atoms with Gasteiger partial charge in [0.1, 0.15) is 0 Å². The normalized spacial score (nSPS) is 31.4. The van der Waals surface area contributed by atoms with Crippen molar-refractivity contribution in [1.82, 2.24) is 10.2 Å². The van der Waals surface area contributed by atoms with E-state index >= 15 is 0 Å². The summed E-state index contributed by atoms with van der Waals surface area (Å²) in [5.74, 6) is 0.868. The molecule has 2 aliphatic rings. The molecule has 2 nitrogen and oxygen atoms in total. The maximum atomic E-state index is 6.13. The van der Waals surface area contributed by atoms with Gasteiger partial charge in [-0.3, -0.25) is 4.90 Å². The Morgan fingerprint density at radius 1 is 1.40 bits per heavy atom. The molecule has 0 radical (unpaired) electrons. The molecule has 1 N–H and O–H groups in total. The number of hydrogen-bond acceptors (Lipinski definition) is 2. The molecule has 1 aliphatic carbocycles. The lowest BCUT2D eigenvalue weighted by atomic mass is 9.88. The summed E-state index contributed by atoms with van der Waals surface area (Å²) in [7, 11) is 0. The number of benzene rings is 1. The van der Waals surface area contributed by atoms with Crippen molar-refractivity contribution < 1.29 is 0 Å². The van der Waals surface area contributed by atoms with Crippen molar-refractivity contribution >= 4 is 11.6 Å². The fraction of sp³-hybridized carbons (Fsp3) is 0.647. The van der Waals surface area contributed by atoms with Crippen molar-refractivity contribution in [2.45, 2.75) is 51.2 Å². The van der Waals surface area contributed by atoms with E-state index < -0.39 is 0 Å². The van der Waals surface area contributed by atoms with Crippen LogP contribution < -0.4 is 5.32 Å². The molecular formula is C17H25ClN2. The van der Waals surface area contributed by atoms with Gasteiger partial charge in [0.15, 0.2) is 0 Å². The Morgan fingerprint density at radius 3 is 2.85 bits per heavy atom. The van der Waals surface area contributed by atoms with Gasteiger partial charge in [0, 0.05) is 36.2 Å². The summed E-state index contributed by atoms with van der Waals surface area (Å²) in [4.78, 5) is 2.70. The van der Waals surface area contributed by atoms with Crippen LogP contribution in [-0.2, 0) is 6.54 Å². The van der Waals surface area contributed by atoms with Crippen LogP contribution in [0.5, 0.6) is 0 Å². The standard InChI is InChI=1S/C17H25ClN2/c1-3-16-11-20(10-13-5-4-6-15(18)9-13)17(2,12-19-16)14-7-8-14/h4-6,9,14,16,19H,3,7-8,10-12H2,1-2H3. The van der Waals surface area contributed by atoms with Gasteiger partial charge in [0.05, 0.1) is 0 Å². The topological polar surface area (TPSA) is 15.3 Å². The molecular weight excluding hydrogens is 268 g/mol. The summed E-state index contributed by atoms with van der Waals surface area (Å²) in [5.41, 5.74) is 1.65. The second-order valence-corrected chi connectivity index (χ2v) is 7.06. The van der Waals surface area contributed by atoms with Gasteiger partial charge in [-0.25, -0.2) is 0 Å². The lowest BCUT2D eigenvalue weighted by Gasteiger charge is -2.48. The third-order valence-electron chi connectivity index (χ3n) is 5.12. The molecule has 110 valence electrons. The SMILES string of the molecule is CCC1CN(Cc2cccc(Cl)c2)C(C)(C2CC2)CN1. The van der Waals surface area contributed by atoms with Crippen LogP contribution in [0, 0.1) is 5.92 Å². The van der Waals surface area contributed by atoms with E-state index in [1.807, 2.05) is 6.07 Å². The molecule has 2 atom stereocenters. The van der Waals surface area contributed by atoms with E-state index in [4.69, 9.17) is 11.6 Å². The molecule has 1 saturated carbocycles. The maximum absolute atomic E-state index is 6.13. The van der Waals surface area contributed by atoms with Gasteiger partial charge in [0.25, 0.3) is 0 Å². The fourth-order valence-electron chi connectivity index (χ4n) is 3.48. The molecule has 1 heterocycles. The average Bonchev–Trinajstić information content (AvgIpc) is 3.26. The van der Waals surface area contributed by atoms with Gasteiger partial charge in [-0.15, -0.1) is 0 Å². The van der Waals surface area contributed by atoms with Crippen LogP contribution in [0.3, 0.4) is 0 Å². The van der Waals surface area contributed by atoms with E-state index in [1.54, 1.807) is 0 Å². The lowest BCUT2D eigenvalue weighted by molar-refractivity contribution is 0.0270. The zero-order chi connectivity index (χ0) is 14.2. The average molecular weight is 293 g/mol. The van der Waals surface area contributed by atoms with Crippen LogP contribution in [0.15, 0.2) is 24.3 Å². The Kier molecular flexibility index (Phi) is 4.07. The van der Waals surface area contributed by atoms with E-state index in [2.05, 4.69) is 42.3 Å². The molecule has 1 aromatic rings. The number of rotatable bonds is 4. The van der Waals surface area contributed by atoms with Gasteiger partial charge in [0.2, 0.25) is 0 Å². The van der Waals surface area contributed by atoms with Crippen molar-refractivity contribution in [3.63, 3.8) is 0 Å². The molecule has 1 aromatic carbocycles. The second-order valence-electron chi connectivity index (χ2n) is 6.63. The van der Waals surface area contributed by atoms with Crippen molar-refractivity contribution in [2.24, 2.45) is 5.92 Å². The molecule has 2 fully saturated rings. The van der Waals surface area contributed by atoms with Crippen molar-refractivity contribution in [3.05, 3.63) is 34.9 Å². The van der Waals surface area contributed by atoms with Crippen LogP contribution in [0.2, 0.25) is 5.02 Å². The predicted molar refractivity (Wildman–Crippen MR) is 85.1 cm³/mol. The van der Waals surface area contributed by atoms with Crippen LogP contribution in [-0.4, -0.2) is 29.6 Å². The smallest absolute Gasteiger partial charge is 0.0409 e. The minimum atomic E-state index is 0.313. The molecule has 1 saturated heterocycles. The van der Waals surface area contributed by atoms with Crippen LogP contribution in [0.1, 0.15) is 38.7 Å². The number of piperazine rings is 1. The Morgan fingerprint density at radius 2 is 2.20 bits per heavy atom. The third kappa shape index (κ3) is 2.88. The highest BCUT2D eigenvalue weighted by Crippen LogP contribution is 2.44. The first-order valence-electron chi connectivity index (χ1n) is 7.84. The summed E-state index contributed by atoms with van der Waals surface area (Å²) in [5, 5.41) is 4.59. The molecule has 2 unspecified atom stereocenters. The van der Waals surface area contributed by atoms with Crippen LogP contribution >= 0.6 is 11.6 Å². The summed E-state index contributed by atoms with van der Waals surface area (Å²) in [6.45, 7) is 8.00. The van der Waals surface area contributed by atoms with Gasteiger partial charge in [-0.1, -0.05) is 30.7 Å². The Labute approximate surface area is 127 Å². The molecule has 1 aliphatic heterocycles. The molecule has 0 spiro atoms. The van der Waals surface area contributed by atoms with Gasteiger partial charge < -0.3 is 5.32 Å². The number of nitrogens with one attached hydrogen (secondary N) is 1. The molecule has 0 amide bonds. The quantitative estimate of drug-likeness (QED) is 0.910. The molecule has 0 bridgehead atoms. The zero-order valence-corrected chi connectivity index (χ0v) is 13.3. The van der Waals surface area contributed by atoms with Crippen molar-refractivity contribution in [3.8, 4) is 0 Å². The maximum Gasteiger partial charge on any atom is 0.0409 e. The first-order valence-corrected chi connectivity index (χ1v) is 8.22. The third-order valence-corrected chi connectivity index (χ3v) is 5.36. The number of nitrogens with zero attached hydrogens (tertiary/aromatic N) is 1. The minimum Gasteiger partial charge on any atom is -0.311 e. The van der Waals surface area contributed by atoms with E-state index in [1.165, 1.54) is 24.8 Å². The fourth-order valence-corrected chi connectivity index (χ4v) is 3.70. The molecule has 0 aromatic heterocycles. The van der Waals surface area contributed by atoms with E-state index in [0.717, 1.165) is 30.6 Å². The monoisotopic (exact) mass is 292 g/mol. The number of halogens is 1. The van der Waals surface area contributed by atoms with E-state index in [9.17, 15) is 0 Å². The van der Waals surface area contributed by atoms with Gasteiger partial charge in [-0.05, 0) is 49.8 Å². The van der Waals surface area contributed by atoms with E-state index in [0.29, 0.717) is 11.6 Å². The largest absolute Gasteiger partial charge is 0.311 e. The highest BCUT2D eigenvalue weighted by molar-refractivity contribution is 6.30. The summed E-state index contributed by atoms with van der Waals surface area (Å²) in [6.07, 6.45) is 3.98. The molecule has 3 rings (SSSR count). The van der Waals surface area contributed by atoms with E-state index in [-0.39, 0.29) is 0 Å². The number of hydrogen-bond donors (Lipinski definition) is 1. The summed E-state index contributed by atoms with van der Waals surface area (Å²) < 4.78 is 0.